The van der Waals surface area contributed by atoms with Crippen molar-refractivity contribution in [2.45, 2.75) is 33.1 Å². The van der Waals surface area contributed by atoms with Gasteiger partial charge in [-0.1, -0.05) is 13.8 Å². The van der Waals surface area contributed by atoms with Crippen molar-refractivity contribution in [3.63, 3.8) is 0 Å². The van der Waals surface area contributed by atoms with Crippen LogP contribution in [0.5, 0.6) is 0 Å². The Kier molecular flexibility index (Phi) is 6.63. The van der Waals surface area contributed by atoms with Crippen LogP contribution in [0.4, 0.5) is 5.69 Å². The van der Waals surface area contributed by atoms with Crippen LogP contribution in [0.2, 0.25) is 0 Å². The van der Waals surface area contributed by atoms with E-state index in [1.807, 2.05) is 13.8 Å². The van der Waals surface area contributed by atoms with E-state index in [1.165, 1.54) is 23.5 Å². The third kappa shape index (κ3) is 4.35. The summed E-state index contributed by atoms with van der Waals surface area (Å²) in [5.41, 5.74) is 0.803. The summed E-state index contributed by atoms with van der Waals surface area (Å²) in [6.07, 6.45) is 2.15. The van der Waals surface area contributed by atoms with Gasteiger partial charge in [0.2, 0.25) is 10.0 Å². The van der Waals surface area contributed by atoms with E-state index >= 15 is 0 Å². The summed E-state index contributed by atoms with van der Waals surface area (Å²) in [7, 11) is -2.16. The summed E-state index contributed by atoms with van der Waals surface area (Å²) >= 11 is 0. The number of methoxy groups -OCH3 is 1. The van der Waals surface area contributed by atoms with Gasteiger partial charge in [0.05, 0.1) is 24.1 Å². The lowest BCUT2D eigenvalue weighted by Gasteiger charge is -2.23. The van der Waals surface area contributed by atoms with Crippen LogP contribution in [0.15, 0.2) is 18.2 Å². The highest BCUT2D eigenvalue weighted by atomic mass is 32.2. The minimum absolute atomic E-state index is 0.0660. The predicted octanol–water partition coefficient (Wildman–Crippen LogP) is 2.28. The van der Waals surface area contributed by atoms with Crippen molar-refractivity contribution in [2.24, 2.45) is 0 Å². The first kappa shape index (κ1) is 20.2. The second kappa shape index (κ2) is 8.53. The van der Waals surface area contributed by atoms with E-state index in [4.69, 9.17) is 4.74 Å². The van der Waals surface area contributed by atoms with Crippen molar-refractivity contribution >= 4 is 27.6 Å². The van der Waals surface area contributed by atoms with Crippen LogP contribution in [0, 0.1) is 0 Å². The molecule has 0 aromatic heterocycles. The van der Waals surface area contributed by atoms with Crippen LogP contribution < -0.4 is 4.31 Å². The summed E-state index contributed by atoms with van der Waals surface area (Å²) in [5.74, 6) is -0.747. The average Bonchev–Trinajstić information content (AvgIpc) is 2.99. The molecular formula is C18H26N2O5S. The standard InChI is InChI=1S/C18H26N2O5S/c1-4-7-19(8-5-2)17(21)14-11-15(18(22)25-3)13-16(12-14)20-9-6-10-26(20,23)24/h11-13H,4-10H2,1-3H3. The Bertz CT molecular complexity index is 770. The van der Waals surface area contributed by atoms with E-state index in [9.17, 15) is 18.0 Å². The fourth-order valence-electron chi connectivity index (χ4n) is 3.08. The molecule has 0 radical (unpaired) electrons. The number of carbonyl (C=O) groups excluding carboxylic acids is 2. The number of hydrogen-bond acceptors (Lipinski definition) is 5. The highest BCUT2D eigenvalue weighted by molar-refractivity contribution is 7.93. The van der Waals surface area contributed by atoms with Crippen LogP contribution in [-0.4, -0.2) is 57.7 Å². The summed E-state index contributed by atoms with van der Waals surface area (Å²) in [6, 6.07) is 4.49. The smallest absolute Gasteiger partial charge is 0.337 e. The summed E-state index contributed by atoms with van der Waals surface area (Å²) in [6.45, 7) is 5.53. The van der Waals surface area contributed by atoms with E-state index in [0.29, 0.717) is 37.3 Å². The highest BCUT2D eigenvalue weighted by Crippen LogP contribution is 2.27. The lowest BCUT2D eigenvalue weighted by molar-refractivity contribution is 0.0600. The zero-order valence-electron chi connectivity index (χ0n) is 15.5. The van der Waals surface area contributed by atoms with Gasteiger partial charge >= 0.3 is 5.97 Å². The number of ether oxygens (including phenoxy) is 1. The molecule has 1 fully saturated rings. The molecule has 1 amide bonds. The molecule has 26 heavy (non-hydrogen) atoms. The van der Waals surface area contributed by atoms with Crippen molar-refractivity contribution in [3.05, 3.63) is 29.3 Å². The van der Waals surface area contributed by atoms with E-state index < -0.39 is 16.0 Å². The third-order valence-corrected chi connectivity index (χ3v) is 6.12. The molecule has 0 atom stereocenters. The highest BCUT2D eigenvalue weighted by Gasteiger charge is 2.30. The van der Waals surface area contributed by atoms with Gasteiger partial charge in [-0.05, 0) is 37.5 Å². The summed E-state index contributed by atoms with van der Waals surface area (Å²) < 4.78 is 30.5. The molecule has 2 rings (SSSR count). The largest absolute Gasteiger partial charge is 0.465 e. The third-order valence-electron chi connectivity index (χ3n) is 4.25. The predicted molar refractivity (Wildman–Crippen MR) is 100 cm³/mol. The van der Waals surface area contributed by atoms with Gasteiger partial charge in [-0.3, -0.25) is 9.10 Å². The van der Waals surface area contributed by atoms with Crippen molar-refractivity contribution < 1.29 is 22.7 Å². The Balaban J connectivity index is 2.49. The molecular weight excluding hydrogens is 356 g/mol. The van der Waals surface area contributed by atoms with Gasteiger partial charge in [-0.2, -0.15) is 0 Å². The molecule has 1 aromatic rings. The number of carbonyl (C=O) groups is 2. The van der Waals surface area contributed by atoms with Gasteiger partial charge in [-0.25, -0.2) is 13.2 Å². The van der Waals surface area contributed by atoms with E-state index in [2.05, 4.69) is 0 Å². The Morgan fingerprint density at radius 3 is 2.23 bits per heavy atom. The van der Waals surface area contributed by atoms with Gasteiger partial charge in [0.1, 0.15) is 0 Å². The molecule has 0 bridgehead atoms. The Labute approximate surface area is 155 Å². The first-order chi connectivity index (χ1) is 12.3. The van der Waals surface area contributed by atoms with Crippen LogP contribution in [0.3, 0.4) is 0 Å². The molecule has 1 aromatic carbocycles. The fourth-order valence-corrected chi connectivity index (χ4v) is 4.63. The number of sulfonamides is 1. The summed E-state index contributed by atoms with van der Waals surface area (Å²) in [4.78, 5) is 26.7. The van der Waals surface area contributed by atoms with Crippen LogP contribution >= 0.6 is 0 Å². The first-order valence-electron chi connectivity index (χ1n) is 8.87. The maximum Gasteiger partial charge on any atom is 0.337 e. The van der Waals surface area contributed by atoms with Crippen molar-refractivity contribution in [1.82, 2.24) is 4.90 Å². The van der Waals surface area contributed by atoms with Crippen molar-refractivity contribution in [1.29, 1.82) is 0 Å². The number of rotatable bonds is 7. The Hall–Kier alpha value is -2.09. The molecule has 0 aliphatic carbocycles. The molecule has 0 unspecified atom stereocenters. The van der Waals surface area contributed by atoms with E-state index in [0.717, 1.165) is 12.8 Å². The van der Waals surface area contributed by atoms with Gasteiger partial charge in [0, 0.05) is 25.2 Å². The normalized spacial score (nSPS) is 15.7. The topological polar surface area (TPSA) is 84.0 Å². The number of esters is 1. The number of benzene rings is 1. The molecule has 1 aliphatic heterocycles. The molecule has 1 heterocycles. The van der Waals surface area contributed by atoms with Gasteiger partial charge < -0.3 is 9.64 Å². The van der Waals surface area contributed by atoms with Crippen LogP contribution in [0.1, 0.15) is 53.8 Å². The molecule has 1 aliphatic rings. The fraction of sp³-hybridized carbons (Fsp3) is 0.556. The molecule has 7 nitrogen and oxygen atoms in total. The molecule has 1 saturated heterocycles. The van der Waals surface area contributed by atoms with E-state index in [-0.39, 0.29) is 17.2 Å². The number of amides is 1. The molecule has 0 spiro atoms. The molecule has 0 N–H and O–H groups in total. The molecule has 0 saturated carbocycles. The Morgan fingerprint density at radius 2 is 1.73 bits per heavy atom. The van der Waals surface area contributed by atoms with E-state index in [1.54, 1.807) is 11.0 Å². The number of hydrogen-bond donors (Lipinski definition) is 0. The average molecular weight is 382 g/mol. The Morgan fingerprint density at radius 1 is 1.12 bits per heavy atom. The second-order valence-corrected chi connectivity index (χ2v) is 8.31. The van der Waals surface area contributed by atoms with Crippen molar-refractivity contribution in [2.75, 3.05) is 36.8 Å². The summed E-state index contributed by atoms with van der Waals surface area (Å²) in [5, 5.41) is 0. The molecule has 144 valence electrons. The van der Waals surface area contributed by atoms with Crippen molar-refractivity contribution in [3.8, 4) is 0 Å². The maximum absolute atomic E-state index is 12.9. The van der Waals surface area contributed by atoms with Crippen LogP contribution in [0.25, 0.3) is 0 Å². The van der Waals surface area contributed by atoms with Gasteiger partial charge in [0.25, 0.3) is 5.91 Å². The monoisotopic (exact) mass is 382 g/mol. The zero-order valence-corrected chi connectivity index (χ0v) is 16.3. The maximum atomic E-state index is 12.9. The van der Waals surface area contributed by atoms with Gasteiger partial charge in [0.15, 0.2) is 0 Å². The first-order valence-corrected chi connectivity index (χ1v) is 10.5. The number of nitrogens with zero attached hydrogens (tertiary/aromatic N) is 2. The minimum atomic E-state index is -3.42. The number of anilines is 1. The van der Waals surface area contributed by atoms with Crippen LogP contribution in [-0.2, 0) is 14.8 Å². The minimum Gasteiger partial charge on any atom is -0.465 e. The quantitative estimate of drug-likeness (QED) is 0.676. The molecule has 8 heteroatoms. The zero-order chi connectivity index (χ0) is 19.3. The second-order valence-electron chi connectivity index (χ2n) is 6.29. The lowest BCUT2D eigenvalue weighted by Crippen LogP contribution is -2.33. The lowest BCUT2D eigenvalue weighted by atomic mass is 10.1. The van der Waals surface area contributed by atoms with Gasteiger partial charge in [-0.15, -0.1) is 0 Å². The SMILES string of the molecule is CCCN(CCC)C(=O)c1cc(C(=O)OC)cc(N2CCCS2(=O)=O)c1.